The van der Waals surface area contributed by atoms with Crippen LogP contribution in [0.15, 0.2) is 48.6 Å². The first-order valence-corrected chi connectivity index (χ1v) is 7.36. The van der Waals surface area contributed by atoms with Crippen LogP contribution in [0.5, 0.6) is 5.75 Å². The highest BCUT2D eigenvalue weighted by molar-refractivity contribution is 5.91. The van der Waals surface area contributed by atoms with Gasteiger partial charge in [-0.2, -0.15) is 5.26 Å². The molecule has 0 radical (unpaired) electrons. The molecule has 0 aliphatic carbocycles. The number of allylic oxidation sites excluding steroid dienone is 2. The van der Waals surface area contributed by atoms with E-state index in [-0.39, 0.29) is 11.3 Å². The quantitative estimate of drug-likeness (QED) is 0.459. The predicted octanol–water partition coefficient (Wildman–Crippen LogP) is 4.56. The number of ether oxygens (including phenoxy) is 1. The molecule has 0 N–H and O–H groups in total. The van der Waals surface area contributed by atoms with Crippen LogP contribution in [-0.2, 0) is 6.42 Å². The van der Waals surface area contributed by atoms with Crippen molar-refractivity contribution in [3.05, 3.63) is 76.9 Å². The maximum Gasteiger partial charge on any atom is 0.343 e. The Labute approximate surface area is 138 Å². The first-order valence-electron chi connectivity index (χ1n) is 7.36. The van der Waals surface area contributed by atoms with Crippen LogP contribution in [0.4, 0.5) is 8.78 Å². The molecule has 24 heavy (non-hydrogen) atoms. The van der Waals surface area contributed by atoms with Gasteiger partial charge in [-0.15, -0.1) is 0 Å². The average Bonchev–Trinajstić information content (AvgIpc) is 2.55. The Bertz CT molecular complexity index is 782. The molecule has 0 saturated heterocycles. The minimum atomic E-state index is -1.07. The molecular weight excluding hydrogens is 312 g/mol. The summed E-state index contributed by atoms with van der Waals surface area (Å²) in [7, 11) is 0. The van der Waals surface area contributed by atoms with E-state index in [1.807, 2.05) is 13.0 Å². The maximum absolute atomic E-state index is 13.5. The van der Waals surface area contributed by atoms with Crippen LogP contribution >= 0.6 is 0 Å². The Morgan fingerprint density at radius 2 is 1.83 bits per heavy atom. The third-order valence-electron chi connectivity index (χ3n) is 3.36. The molecule has 0 spiro atoms. The number of halogens is 2. The summed E-state index contributed by atoms with van der Waals surface area (Å²) in [5.41, 5.74) is 0.635. The van der Waals surface area contributed by atoms with Gasteiger partial charge in [0.1, 0.15) is 29.0 Å². The number of esters is 1. The summed E-state index contributed by atoms with van der Waals surface area (Å²) in [4.78, 5) is 12.0. The van der Waals surface area contributed by atoms with Gasteiger partial charge in [-0.1, -0.05) is 24.3 Å². The fourth-order valence-corrected chi connectivity index (χ4v) is 2.11. The van der Waals surface area contributed by atoms with E-state index in [1.54, 1.807) is 24.3 Å². The normalized spacial score (nSPS) is 10.6. The van der Waals surface area contributed by atoms with E-state index in [0.717, 1.165) is 30.5 Å². The number of nitrogens with zero attached hydrogens (tertiary/aromatic N) is 1. The zero-order valence-electron chi connectivity index (χ0n) is 13.1. The number of rotatable bonds is 5. The number of hydrogen-bond donors (Lipinski definition) is 0. The largest absolute Gasteiger partial charge is 0.423 e. The van der Waals surface area contributed by atoms with E-state index < -0.39 is 23.2 Å². The van der Waals surface area contributed by atoms with Gasteiger partial charge in [0, 0.05) is 12.1 Å². The smallest absolute Gasteiger partial charge is 0.343 e. The highest BCUT2D eigenvalue weighted by Crippen LogP contribution is 2.21. The van der Waals surface area contributed by atoms with Gasteiger partial charge >= 0.3 is 5.97 Å². The maximum atomic E-state index is 13.5. The van der Waals surface area contributed by atoms with E-state index in [0.29, 0.717) is 0 Å². The SMILES string of the molecule is C/C=C/CCc1ccc(C(=O)Oc2cc(F)c(C#N)c(F)c2)cc1. The molecule has 5 heteroatoms. The van der Waals surface area contributed by atoms with Crippen molar-refractivity contribution >= 4 is 5.97 Å². The number of benzene rings is 2. The lowest BCUT2D eigenvalue weighted by Gasteiger charge is -2.06. The number of carbonyl (C=O) groups is 1. The number of nitriles is 1. The van der Waals surface area contributed by atoms with Crippen LogP contribution in [0.1, 0.15) is 34.8 Å². The minimum Gasteiger partial charge on any atom is -0.423 e. The molecule has 0 heterocycles. The van der Waals surface area contributed by atoms with Crippen molar-refractivity contribution in [3.8, 4) is 11.8 Å². The second-order valence-corrected chi connectivity index (χ2v) is 5.07. The fourth-order valence-electron chi connectivity index (χ4n) is 2.11. The van der Waals surface area contributed by atoms with E-state index in [1.165, 1.54) is 6.07 Å². The third-order valence-corrected chi connectivity index (χ3v) is 3.36. The number of carbonyl (C=O) groups excluding carboxylic acids is 1. The highest BCUT2D eigenvalue weighted by atomic mass is 19.1. The molecule has 0 aliphatic rings. The molecule has 0 aromatic heterocycles. The van der Waals surface area contributed by atoms with Crippen LogP contribution in [-0.4, -0.2) is 5.97 Å². The van der Waals surface area contributed by atoms with Crippen molar-refractivity contribution in [2.24, 2.45) is 0 Å². The van der Waals surface area contributed by atoms with Gasteiger partial charge in [0.25, 0.3) is 0 Å². The summed E-state index contributed by atoms with van der Waals surface area (Å²) < 4.78 is 32.0. The van der Waals surface area contributed by atoms with E-state index >= 15 is 0 Å². The van der Waals surface area contributed by atoms with Gasteiger partial charge in [0.15, 0.2) is 0 Å². The lowest BCUT2D eigenvalue weighted by atomic mass is 10.1. The van der Waals surface area contributed by atoms with Crippen molar-refractivity contribution in [2.45, 2.75) is 19.8 Å². The minimum absolute atomic E-state index is 0.273. The molecule has 2 aromatic carbocycles. The van der Waals surface area contributed by atoms with Crippen LogP contribution in [0.2, 0.25) is 0 Å². The first-order chi connectivity index (χ1) is 11.5. The van der Waals surface area contributed by atoms with Gasteiger partial charge in [-0.25, -0.2) is 13.6 Å². The van der Waals surface area contributed by atoms with Gasteiger partial charge < -0.3 is 4.74 Å². The summed E-state index contributed by atoms with van der Waals surface area (Å²) in [5, 5.41) is 8.61. The summed E-state index contributed by atoms with van der Waals surface area (Å²) in [6.07, 6.45) is 5.79. The predicted molar refractivity (Wildman–Crippen MR) is 85.6 cm³/mol. The van der Waals surface area contributed by atoms with Crippen molar-refractivity contribution in [1.82, 2.24) is 0 Å². The van der Waals surface area contributed by atoms with Gasteiger partial charge in [-0.3, -0.25) is 0 Å². The van der Waals surface area contributed by atoms with Gasteiger partial charge in [0.05, 0.1) is 5.56 Å². The summed E-state index contributed by atoms with van der Waals surface area (Å²) >= 11 is 0. The lowest BCUT2D eigenvalue weighted by Crippen LogP contribution is -2.09. The molecule has 0 aliphatic heterocycles. The van der Waals surface area contributed by atoms with Crippen molar-refractivity contribution in [1.29, 1.82) is 5.26 Å². The molecule has 122 valence electrons. The fraction of sp³-hybridized carbons (Fsp3) is 0.158. The second-order valence-electron chi connectivity index (χ2n) is 5.07. The standard InChI is InChI=1S/C19H15F2NO2/c1-2-3-4-5-13-6-8-14(9-7-13)19(23)24-15-10-17(20)16(12-22)18(21)11-15/h2-3,6-11H,4-5H2,1H3/b3-2+. The molecule has 0 fully saturated rings. The van der Waals surface area contributed by atoms with Crippen molar-refractivity contribution in [3.63, 3.8) is 0 Å². The lowest BCUT2D eigenvalue weighted by molar-refractivity contribution is 0.0734. The van der Waals surface area contributed by atoms with E-state index in [4.69, 9.17) is 10.00 Å². The Hall–Kier alpha value is -3.00. The molecule has 0 atom stereocenters. The molecule has 0 unspecified atom stereocenters. The van der Waals surface area contributed by atoms with Crippen LogP contribution < -0.4 is 4.74 Å². The summed E-state index contributed by atoms with van der Waals surface area (Å²) in [6, 6.07) is 9.84. The highest BCUT2D eigenvalue weighted by Gasteiger charge is 2.14. The van der Waals surface area contributed by atoms with Gasteiger partial charge in [-0.05, 0) is 37.5 Å². The molecule has 3 nitrogen and oxygen atoms in total. The van der Waals surface area contributed by atoms with Crippen LogP contribution in [0.3, 0.4) is 0 Å². The number of aryl methyl sites for hydroxylation is 1. The average molecular weight is 327 g/mol. The monoisotopic (exact) mass is 327 g/mol. The second kappa shape index (κ2) is 8.02. The van der Waals surface area contributed by atoms with E-state index in [2.05, 4.69) is 6.08 Å². The topological polar surface area (TPSA) is 50.1 Å². The summed E-state index contributed by atoms with van der Waals surface area (Å²) in [5.74, 6) is -3.15. The van der Waals surface area contributed by atoms with Crippen LogP contribution in [0.25, 0.3) is 0 Å². The van der Waals surface area contributed by atoms with Crippen molar-refractivity contribution in [2.75, 3.05) is 0 Å². The molecular formula is C19H15F2NO2. The third kappa shape index (κ3) is 4.26. The molecule has 2 aromatic rings. The zero-order chi connectivity index (χ0) is 17.5. The van der Waals surface area contributed by atoms with Crippen molar-refractivity contribution < 1.29 is 18.3 Å². The molecule has 0 saturated carbocycles. The zero-order valence-corrected chi connectivity index (χ0v) is 13.1. The Kier molecular flexibility index (Phi) is 5.80. The molecule has 0 bridgehead atoms. The Morgan fingerprint density at radius 3 is 2.38 bits per heavy atom. The first kappa shape index (κ1) is 17.4. The van der Waals surface area contributed by atoms with Gasteiger partial charge in [0.2, 0.25) is 0 Å². The summed E-state index contributed by atoms with van der Waals surface area (Å²) in [6.45, 7) is 1.95. The number of hydrogen-bond acceptors (Lipinski definition) is 3. The Morgan fingerprint density at radius 1 is 1.21 bits per heavy atom. The van der Waals surface area contributed by atoms with E-state index in [9.17, 15) is 13.6 Å². The van der Waals surface area contributed by atoms with Crippen LogP contribution in [0, 0.1) is 23.0 Å². The molecule has 0 amide bonds. The molecule has 2 rings (SSSR count). The Balaban J connectivity index is 2.09.